The molecule has 8 nitrogen and oxygen atoms in total. The molecule has 1 fully saturated rings. The van der Waals surface area contributed by atoms with Crippen LogP contribution in [-0.2, 0) is 25.2 Å². The van der Waals surface area contributed by atoms with Gasteiger partial charge in [0, 0.05) is 31.6 Å². The van der Waals surface area contributed by atoms with Crippen LogP contribution in [0.15, 0.2) is 12.1 Å². The largest absolute Gasteiger partial charge is 0.444 e. The Morgan fingerprint density at radius 2 is 1.58 bits per heavy atom. The summed E-state index contributed by atoms with van der Waals surface area (Å²) < 4.78 is 68.1. The van der Waals surface area contributed by atoms with Crippen LogP contribution in [0.3, 0.4) is 0 Å². The van der Waals surface area contributed by atoms with Gasteiger partial charge in [0.05, 0.1) is 12.1 Å². The molecule has 3 amide bonds. The van der Waals surface area contributed by atoms with Crippen molar-refractivity contribution < 1.29 is 41.1 Å². The highest BCUT2D eigenvalue weighted by Gasteiger charge is 2.44. The highest BCUT2D eigenvalue weighted by molar-refractivity contribution is 6.74. The molecule has 0 aliphatic carbocycles. The molecule has 0 aromatic heterocycles. The fourth-order valence-corrected chi connectivity index (χ4v) is 5.79. The first-order chi connectivity index (χ1) is 19.4. The van der Waals surface area contributed by atoms with Crippen LogP contribution in [0.5, 0.6) is 0 Å². The van der Waals surface area contributed by atoms with E-state index in [1.54, 1.807) is 20.8 Å². The number of carbonyl (C=O) groups is 3. The minimum atomic E-state index is -2.25. The molecule has 13 heteroatoms. The van der Waals surface area contributed by atoms with E-state index in [2.05, 4.69) is 44.5 Å². The molecule has 244 valence electrons. The lowest BCUT2D eigenvalue weighted by atomic mass is 10.0. The summed E-state index contributed by atoms with van der Waals surface area (Å²) in [6.07, 6.45) is -1.52. The molecular weight excluding hydrogens is 586 g/mol. The molecule has 1 aliphatic rings. The van der Waals surface area contributed by atoms with Crippen LogP contribution >= 0.6 is 0 Å². The number of halogens is 4. The number of ether oxygens (including phenoxy) is 1. The molecule has 3 atom stereocenters. The van der Waals surface area contributed by atoms with Crippen LogP contribution in [0.25, 0.3) is 0 Å². The molecule has 43 heavy (non-hydrogen) atoms. The van der Waals surface area contributed by atoms with Crippen LogP contribution < -0.4 is 10.6 Å². The number of hydrogen-bond acceptors (Lipinski definition) is 5. The van der Waals surface area contributed by atoms with E-state index in [0.29, 0.717) is 18.6 Å². The first kappa shape index (κ1) is 36.5. The molecule has 1 aliphatic heterocycles. The summed E-state index contributed by atoms with van der Waals surface area (Å²) in [4.78, 5) is 40.2. The smallest absolute Gasteiger partial charge is 0.407 e. The van der Waals surface area contributed by atoms with E-state index in [-0.39, 0.29) is 42.6 Å². The molecule has 0 radical (unpaired) electrons. The van der Waals surface area contributed by atoms with Gasteiger partial charge in [-0.15, -0.1) is 0 Å². The average Bonchev–Trinajstić information content (AvgIpc) is 3.20. The Kier molecular flexibility index (Phi) is 11.5. The second-order valence-electron chi connectivity index (χ2n) is 14.2. The Hall–Kier alpha value is -2.67. The average molecular weight is 634 g/mol. The highest BCUT2D eigenvalue weighted by atomic mass is 28.4. The number of hydrogen-bond donors (Lipinski definition) is 2. The second-order valence-corrected chi connectivity index (χ2v) is 19.0. The van der Waals surface area contributed by atoms with Crippen molar-refractivity contribution in [2.45, 2.75) is 122 Å². The Morgan fingerprint density at radius 3 is 2.12 bits per heavy atom. The summed E-state index contributed by atoms with van der Waals surface area (Å²) in [5.41, 5.74) is -3.23. The summed E-state index contributed by atoms with van der Waals surface area (Å²) in [5.74, 6) is -4.94. The molecule has 2 rings (SSSR count). The molecule has 1 saturated heterocycles. The van der Waals surface area contributed by atoms with Gasteiger partial charge in [0.1, 0.15) is 11.4 Å². The Balaban J connectivity index is 2.34. The van der Waals surface area contributed by atoms with Crippen molar-refractivity contribution in [2.75, 3.05) is 13.1 Å². The maximum atomic E-state index is 14.5. The zero-order chi connectivity index (χ0) is 33.1. The van der Waals surface area contributed by atoms with Gasteiger partial charge in [0.25, 0.3) is 5.91 Å². The Bertz CT molecular complexity index is 1180. The van der Waals surface area contributed by atoms with Gasteiger partial charge < -0.3 is 24.7 Å². The summed E-state index contributed by atoms with van der Waals surface area (Å²) in [6, 6.07) is -0.502. The number of benzene rings is 1. The van der Waals surface area contributed by atoms with Gasteiger partial charge in [-0.2, -0.15) is 0 Å². The summed E-state index contributed by atoms with van der Waals surface area (Å²) >= 11 is 0. The van der Waals surface area contributed by atoms with Crippen LogP contribution in [0.1, 0.15) is 73.8 Å². The number of amides is 3. The summed E-state index contributed by atoms with van der Waals surface area (Å²) in [6.45, 7) is 17.8. The number of nitrogens with zero attached hydrogens (tertiary/aromatic N) is 1. The van der Waals surface area contributed by atoms with Crippen LogP contribution in [0, 0.1) is 17.5 Å². The number of nitrogens with one attached hydrogen (secondary N) is 2. The van der Waals surface area contributed by atoms with Crippen molar-refractivity contribution in [1.29, 1.82) is 0 Å². The maximum Gasteiger partial charge on any atom is 0.407 e. The highest BCUT2D eigenvalue weighted by Crippen LogP contribution is 2.39. The predicted molar refractivity (Wildman–Crippen MR) is 158 cm³/mol. The molecule has 1 aromatic carbocycles. The van der Waals surface area contributed by atoms with E-state index in [1.165, 1.54) is 4.90 Å². The van der Waals surface area contributed by atoms with Crippen molar-refractivity contribution in [1.82, 2.24) is 15.5 Å². The van der Waals surface area contributed by atoms with Gasteiger partial charge in [-0.05, 0) is 77.2 Å². The maximum absolute atomic E-state index is 14.5. The van der Waals surface area contributed by atoms with E-state index in [9.17, 15) is 31.9 Å². The molecule has 0 spiro atoms. The van der Waals surface area contributed by atoms with E-state index in [1.807, 2.05) is 0 Å². The third kappa shape index (κ3) is 10.8. The van der Waals surface area contributed by atoms with Gasteiger partial charge in [0.2, 0.25) is 5.91 Å². The number of alkyl carbamates (subject to hydrolysis) is 1. The Morgan fingerprint density at radius 1 is 1.00 bits per heavy atom. The fourth-order valence-electron chi connectivity index (χ4n) is 4.43. The van der Waals surface area contributed by atoms with E-state index < -0.39 is 67.0 Å². The zero-order valence-electron chi connectivity index (χ0n) is 26.9. The van der Waals surface area contributed by atoms with Gasteiger partial charge in [-0.1, -0.05) is 20.8 Å². The van der Waals surface area contributed by atoms with Crippen LogP contribution in [0.4, 0.5) is 22.4 Å². The minimum Gasteiger partial charge on any atom is -0.444 e. The van der Waals surface area contributed by atoms with E-state index >= 15 is 0 Å². The Labute approximate surface area is 253 Å². The van der Waals surface area contributed by atoms with Crippen molar-refractivity contribution in [3.8, 4) is 0 Å². The lowest BCUT2D eigenvalue weighted by molar-refractivity contribution is -0.134. The molecule has 0 saturated carbocycles. The third-order valence-electron chi connectivity index (χ3n) is 7.70. The van der Waals surface area contributed by atoms with E-state index in [0.717, 1.165) is 13.8 Å². The van der Waals surface area contributed by atoms with Crippen molar-refractivity contribution in [3.63, 3.8) is 0 Å². The quantitative estimate of drug-likeness (QED) is 0.193. The molecule has 0 bridgehead atoms. The standard InChI is InChI=1S/C30H47F4N3O5Si/c1-28(2,3)41-27(40)36-19(11-18-12-23(32)24(33)15-22(18)31)13-25(38)37-17-21(42-43(9,10)29(4,5)6)14-20(37)16-35-26(39)30(7,8)34/h12,15,19-21H,11,13-14,16-17H2,1-10H3,(H,35,39)(H,36,40)/t19-,20+,21+/m1/s1. The van der Waals surface area contributed by atoms with E-state index in [4.69, 9.17) is 9.16 Å². The lowest BCUT2D eigenvalue weighted by Gasteiger charge is -2.38. The van der Waals surface area contributed by atoms with Crippen molar-refractivity contribution in [2.24, 2.45) is 0 Å². The topological polar surface area (TPSA) is 97.0 Å². The molecule has 2 N–H and O–H groups in total. The first-order valence-electron chi connectivity index (χ1n) is 14.5. The van der Waals surface area contributed by atoms with Crippen LogP contribution in [0.2, 0.25) is 18.1 Å². The second kappa shape index (κ2) is 13.5. The monoisotopic (exact) mass is 633 g/mol. The zero-order valence-corrected chi connectivity index (χ0v) is 27.9. The molecule has 0 unspecified atom stereocenters. The van der Waals surface area contributed by atoms with Crippen molar-refractivity contribution >= 4 is 26.2 Å². The van der Waals surface area contributed by atoms with Gasteiger partial charge in [0.15, 0.2) is 25.6 Å². The van der Waals surface area contributed by atoms with Gasteiger partial charge in [-0.25, -0.2) is 22.4 Å². The summed E-state index contributed by atoms with van der Waals surface area (Å²) in [7, 11) is -2.25. The molecule has 1 heterocycles. The molecule has 1 aromatic rings. The number of carbonyl (C=O) groups excluding carboxylic acids is 3. The minimum absolute atomic E-state index is 0.0305. The van der Waals surface area contributed by atoms with Crippen molar-refractivity contribution in [3.05, 3.63) is 35.1 Å². The van der Waals surface area contributed by atoms with Gasteiger partial charge >= 0.3 is 6.09 Å². The normalized spacial score (nSPS) is 18.8. The fraction of sp³-hybridized carbons (Fsp3) is 0.700. The number of alkyl halides is 1. The number of rotatable bonds is 10. The number of likely N-dealkylation sites (tertiary alicyclic amines) is 1. The predicted octanol–water partition coefficient (Wildman–Crippen LogP) is 5.79. The molecular formula is C30H47F4N3O5Si. The SMILES string of the molecule is CC(C)(C)OC(=O)N[C@@H](CC(=O)N1C[C@@H](O[Si](C)(C)C(C)(C)C)C[C@H]1CNC(=O)C(C)(C)F)Cc1cc(F)c(F)cc1F. The lowest BCUT2D eigenvalue weighted by Crippen LogP contribution is -2.49. The first-order valence-corrected chi connectivity index (χ1v) is 17.4. The van der Waals surface area contributed by atoms with Gasteiger partial charge in [-0.3, -0.25) is 9.59 Å². The third-order valence-corrected chi connectivity index (χ3v) is 12.2. The van der Waals surface area contributed by atoms with Crippen LogP contribution in [-0.4, -0.2) is 73.7 Å². The summed E-state index contributed by atoms with van der Waals surface area (Å²) in [5, 5.41) is 5.01.